The topological polar surface area (TPSA) is 130 Å². The molecule has 196 valence electrons. The first-order valence-electron chi connectivity index (χ1n) is 11.6. The number of benzene rings is 1. The quantitative estimate of drug-likeness (QED) is 0.543. The fraction of sp³-hybridized carbons (Fsp3) is 0.625. The van der Waals surface area contributed by atoms with Crippen LogP contribution in [-0.4, -0.2) is 65.4 Å². The van der Waals surface area contributed by atoms with E-state index in [2.05, 4.69) is 0 Å². The van der Waals surface area contributed by atoms with Gasteiger partial charge in [0.15, 0.2) is 0 Å². The molecule has 35 heavy (non-hydrogen) atoms. The van der Waals surface area contributed by atoms with Crippen molar-refractivity contribution in [2.45, 2.75) is 63.6 Å². The molecule has 11 heteroatoms. The highest BCUT2D eigenvalue weighted by molar-refractivity contribution is 5.83. The zero-order valence-electron chi connectivity index (χ0n) is 19.7. The first-order chi connectivity index (χ1) is 16.4. The van der Waals surface area contributed by atoms with Gasteiger partial charge in [0.1, 0.15) is 5.75 Å². The molecule has 2 fully saturated rings. The minimum absolute atomic E-state index is 0.0848. The monoisotopic (exact) mass is 502 g/mol. The average Bonchev–Trinajstić information content (AvgIpc) is 2.84. The van der Waals surface area contributed by atoms with Gasteiger partial charge in [0.05, 0.1) is 18.6 Å². The molecular weight excluding hydrogens is 469 g/mol. The summed E-state index contributed by atoms with van der Waals surface area (Å²) in [6, 6.07) is 6.94. The third kappa shape index (κ3) is 7.58. The molecule has 3 rings (SSSR count). The summed E-state index contributed by atoms with van der Waals surface area (Å²) in [6.45, 7) is 0.968. The third-order valence-corrected chi connectivity index (χ3v) is 6.95. The summed E-state index contributed by atoms with van der Waals surface area (Å²) >= 11 is 0. The number of likely N-dealkylation sites (tertiary alicyclic amines) is 1. The lowest BCUT2D eigenvalue weighted by molar-refractivity contribution is -0.192. The van der Waals surface area contributed by atoms with Gasteiger partial charge in [-0.25, -0.2) is 4.79 Å². The van der Waals surface area contributed by atoms with Crippen LogP contribution in [0.2, 0.25) is 0 Å². The van der Waals surface area contributed by atoms with E-state index in [1.54, 1.807) is 12.0 Å². The van der Waals surface area contributed by atoms with E-state index in [4.69, 9.17) is 20.4 Å². The molecule has 0 radical (unpaired) electrons. The summed E-state index contributed by atoms with van der Waals surface area (Å²) in [5, 5.41) is 17.1. The number of amides is 1. The largest absolute Gasteiger partial charge is 0.497 e. The van der Waals surface area contributed by atoms with Gasteiger partial charge in [-0.05, 0) is 55.7 Å². The highest BCUT2D eigenvalue weighted by Crippen LogP contribution is 2.46. The lowest BCUT2D eigenvalue weighted by Crippen LogP contribution is -2.53. The number of alkyl halides is 3. The molecule has 0 unspecified atom stereocenters. The molecule has 1 heterocycles. The Morgan fingerprint density at radius 2 is 1.60 bits per heavy atom. The number of carboxylic acid groups (broad SMARTS) is 2. The third-order valence-electron chi connectivity index (χ3n) is 6.95. The smallest absolute Gasteiger partial charge is 0.490 e. The standard InChI is InChI=1S/C22H32N2O4.C2HF3O2/c1-28-18-9-7-16(8-10-18)15-19(23)20(25)24-13-11-22(12-14-24,21(26)27)17-5-3-2-4-6-17;3-2(4,5)1(6)7/h7-10,17,19H,2-6,11-15,23H2,1H3,(H,26,27);(H,6,7)/t19-;/m1./s1. The van der Waals surface area contributed by atoms with Gasteiger partial charge in [-0.15, -0.1) is 0 Å². The van der Waals surface area contributed by atoms with Crippen LogP contribution < -0.4 is 10.5 Å². The number of methoxy groups -OCH3 is 1. The Morgan fingerprint density at radius 1 is 1.09 bits per heavy atom. The number of nitrogens with zero attached hydrogens (tertiary/aromatic N) is 1. The normalized spacial score (nSPS) is 19.2. The lowest BCUT2D eigenvalue weighted by Gasteiger charge is -2.45. The molecule has 1 aliphatic carbocycles. The molecule has 0 aromatic heterocycles. The zero-order chi connectivity index (χ0) is 26.2. The zero-order valence-corrected chi connectivity index (χ0v) is 19.7. The van der Waals surface area contributed by atoms with Crippen LogP contribution in [0.4, 0.5) is 13.2 Å². The molecule has 4 N–H and O–H groups in total. The van der Waals surface area contributed by atoms with E-state index in [-0.39, 0.29) is 11.8 Å². The molecule has 1 amide bonds. The van der Waals surface area contributed by atoms with Gasteiger partial charge in [0.25, 0.3) is 0 Å². The molecule has 2 aliphatic rings. The maximum Gasteiger partial charge on any atom is 0.490 e. The summed E-state index contributed by atoms with van der Waals surface area (Å²) in [5.74, 6) is -2.52. The Bertz CT molecular complexity index is 861. The Morgan fingerprint density at radius 3 is 2.03 bits per heavy atom. The molecule has 1 atom stereocenters. The van der Waals surface area contributed by atoms with Crippen molar-refractivity contribution in [1.82, 2.24) is 4.90 Å². The number of aliphatic carboxylic acids is 2. The lowest BCUT2D eigenvalue weighted by atomic mass is 9.64. The van der Waals surface area contributed by atoms with Crippen molar-refractivity contribution in [2.75, 3.05) is 20.2 Å². The minimum Gasteiger partial charge on any atom is -0.497 e. The van der Waals surface area contributed by atoms with E-state index in [9.17, 15) is 27.9 Å². The Hall–Kier alpha value is -2.82. The Balaban J connectivity index is 0.000000540. The van der Waals surface area contributed by atoms with Crippen molar-refractivity contribution in [2.24, 2.45) is 17.1 Å². The molecule has 1 aromatic carbocycles. The Kier molecular flexibility index (Phi) is 9.93. The SMILES string of the molecule is COc1ccc(C[C@@H](N)C(=O)N2CCC(C(=O)O)(C3CCCCC3)CC2)cc1.O=C(O)C(F)(F)F. The van der Waals surface area contributed by atoms with Crippen molar-refractivity contribution in [1.29, 1.82) is 0 Å². The molecule has 8 nitrogen and oxygen atoms in total. The maximum absolute atomic E-state index is 12.8. The van der Waals surface area contributed by atoms with Crippen molar-refractivity contribution in [3.8, 4) is 5.75 Å². The van der Waals surface area contributed by atoms with Crippen LogP contribution in [0.15, 0.2) is 24.3 Å². The predicted molar refractivity (Wildman–Crippen MR) is 121 cm³/mol. The van der Waals surface area contributed by atoms with Gasteiger partial charge in [-0.2, -0.15) is 13.2 Å². The van der Waals surface area contributed by atoms with Crippen LogP contribution >= 0.6 is 0 Å². The van der Waals surface area contributed by atoms with Crippen molar-refractivity contribution < 1.29 is 42.5 Å². The van der Waals surface area contributed by atoms with Crippen molar-refractivity contribution >= 4 is 17.8 Å². The summed E-state index contributed by atoms with van der Waals surface area (Å²) in [4.78, 5) is 35.6. The molecule has 1 aliphatic heterocycles. The average molecular weight is 503 g/mol. The number of nitrogens with two attached hydrogens (primary N) is 1. The molecule has 0 bridgehead atoms. The van der Waals surface area contributed by atoms with Gasteiger partial charge in [0, 0.05) is 13.1 Å². The molecule has 0 spiro atoms. The Labute approximate surface area is 202 Å². The van der Waals surface area contributed by atoms with Crippen LogP contribution in [0.1, 0.15) is 50.5 Å². The first kappa shape index (κ1) is 28.4. The second-order valence-corrected chi connectivity index (χ2v) is 9.08. The minimum atomic E-state index is -5.08. The maximum atomic E-state index is 12.8. The number of ether oxygens (including phenoxy) is 1. The van der Waals surface area contributed by atoms with Crippen LogP contribution in [0.25, 0.3) is 0 Å². The molecule has 1 saturated carbocycles. The van der Waals surface area contributed by atoms with E-state index in [0.717, 1.165) is 37.0 Å². The fourth-order valence-electron chi connectivity index (χ4n) is 4.92. The van der Waals surface area contributed by atoms with Gasteiger partial charge < -0.3 is 25.6 Å². The summed E-state index contributed by atoms with van der Waals surface area (Å²) in [7, 11) is 1.62. The van der Waals surface area contributed by atoms with Crippen LogP contribution in [0.5, 0.6) is 5.75 Å². The van der Waals surface area contributed by atoms with Crippen molar-refractivity contribution in [3.63, 3.8) is 0 Å². The number of carbonyl (C=O) groups excluding carboxylic acids is 1. The van der Waals surface area contributed by atoms with Crippen molar-refractivity contribution in [3.05, 3.63) is 29.8 Å². The number of carboxylic acids is 2. The number of rotatable bonds is 6. The van der Waals surface area contributed by atoms with E-state index < -0.39 is 29.6 Å². The molecule has 1 saturated heterocycles. The van der Waals surface area contributed by atoms with Gasteiger partial charge in [-0.3, -0.25) is 9.59 Å². The van der Waals surface area contributed by atoms with E-state index >= 15 is 0 Å². The van der Waals surface area contributed by atoms with Gasteiger partial charge in [-0.1, -0.05) is 31.4 Å². The van der Waals surface area contributed by atoms with E-state index in [1.165, 1.54) is 6.42 Å². The number of carbonyl (C=O) groups is 3. The van der Waals surface area contributed by atoms with Crippen LogP contribution in [0, 0.1) is 11.3 Å². The second kappa shape index (κ2) is 12.2. The number of hydrogen-bond acceptors (Lipinski definition) is 5. The second-order valence-electron chi connectivity index (χ2n) is 9.08. The summed E-state index contributed by atoms with van der Waals surface area (Å²) < 4.78 is 36.9. The van der Waals surface area contributed by atoms with Crippen LogP contribution in [0.3, 0.4) is 0 Å². The number of halogens is 3. The fourth-order valence-corrected chi connectivity index (χ4v) is 4.92. The molecular formula is C24H33F3N2O6. The molecule has 1 aromatic rings. The predicted octanol–water partition coefficient (Wildman–Crippen LogP) is 3.47. The summed E-state index contributed by atoms with van der Waals surface area (Å²) in [6.07, 6.45) is 1.89. The highest BCUT2D eigenvalue weighted by Gasteiger charge is 2.48. The van der Waals surface area contributed by atoms with Gasteiger partial charge in [0.2, 0.25) is 5.91 Å². The van der Waals surface area contributed by atoms with E-state index in [0.29, 0.717) is 32.4 Å². The van der Waals surface area contributed by atoms with Crippen LogP contribution in [-0.2, 0) is 20.8 Å². The summed E-state index contributed by atoms with van der Waals surface area (Å²) in [5.41, 5.74) is 6.50. The van der Waals surface area contributed by atoms with Gasteiger partial charge >= 0.3 is 18.1 Å². The number of hydrogen-bond donors (Lipinski definition) is 3. The highest BCUT2D eigenvalue weighted by atomic mass is 19.4. The first-order valence-corrected chi connectivity index (χ1v) is 11.6. The van der Waals surface area contributed by atoms with E-state index in [1.807, 2.05) is 24.3 Å². The number of piperidine rings is 1.